The van der Waals surface area contributed by atoms with E-state index in [1.807, 2.05) is 0 Å². The number of hydrogen-bond donors (Lipinski definition) is 1. The van der Waals surface area contributed by atoms with Crippen LogP contribution in [0, 0.1) is 0 Å². The van der Waals surface area contributed by atoms with Crippen LogP contribution < -0.4 is 5.32 Å². The van der Waals surface area contributed by atoms with Gasteiger partial charge in [-0.3, -0.25) is 0 Å². The first kappa shape index (κ1) is 15.0. The minimum absolute atomic E-state index is 1.00. The second-order valence-corrected chi connectivity index (χ2v) is 5.25. The molecule has 2 heterocycles. The quantitative estimate of drug-likeness (QED) is 0.694. The van der Waals surface area contributed by atoms with Crippen molar-refractivity contribution < 1.29 is 4.74 Å². The van der Waals surface area contributed by atoms with E-state index in [-0.39, 0.29) is 0 Å². The molecule has 2 saturated heterocycles. The summed E-state index contributed by atoms with van der Waals surface area (Å²) in [6, 6.07) is 0. The average molecular weight is 241 g/mol. The zero-order valence-electron chi connectivity index (χ0n) is 11.5. The van der Waals surface area contributed by atoms with E-state index in [1.54, 1.807) is 0 Å². The molecule has 3 rings (SSSR count). The Balaban J connectivity index is 0.000000128. The molecule has 2 aliphatic heterocycles. The molecule has 2 heteroatoms. The highest BCUT2D eigenvalue weighted by atomic mass is 16.5. The van der Waals surface area contributed by atoms with Crippen molar-refractivity contribution in [3.8, 4) is 0 Å². The lowest BCUT2D eigenvalue weighted by Crippen LogP contribution is -2.03. The van der Waals surface area contributed by atoms with Gasteiger partial charge in [-0.2, -0.15) is 0 Å². The molecule has 0 aromatic heterocycles. The summed E-state index contributed by atoms with van der Waals surface area (Å²) in [6.07, 6.45) is 15.7. The molecule has 0 aromatic carbocycles. The number of rotatable bonds is 0. The first-order chi connectivity index (χ1) is 8.50. The van der Waals surface area contributed by atoms with E-state index in [0.29, 0.717) is 0 Å². The summed E-state index contributed by atoms with van der Waals surface area (Å²) >= 11 is 0. The van der Waals surface area contributed by atoms with Crippen LogP contribution in [0.5, 0.6) is 0 Å². The topological polar surface area (TPSA) is 21.3 Å². The average Bonchev–Trinajstić information content (AvgIpc) is 3.03. The molecule has 1 N–H and O–H groups in total. The standard InChI is InChI=1S/C6H12.C5H10O.C4H9N/c2*1-2-4-6-5-3-1;1-2-4-5-3-1/h1-6H2;1-5H2;5H,1-4H2. The molecule has 1 aliphatic carbocycles. The predicted octanol–water partition coefficient (Wildman–Crippen LogP) is 3.90. The van der Waals surface area contributed by atoms with Crippen molar-refractivity contribution in [2.75, 3.05) is 26.3 Å². The Hall–Kier alpha value is -0.0800. The van der Waals surface area contributed by atoms with Crippen LogP contribution >= 0.6 is 0 Å². The van der Waals surface area contributed by atoms with Crippen molar-refractivity contribution in [1.29, 1.82) is 0 Å². The molecule has 3 aliphatic rings. The molecule has 2 nitrogen and oxygen atoms in total. The smallest absolute Gasteiger partial charge is 0.0466 e. The van der Waals surface area contributed by atoms with E-state index in [0.717, 1.165) is 13.2 Å². The van der Waals surface area contributed by atoms with Gasteiger partial charge in [0, 0.05) is 13.2 Å². The Kier molecular flexibility index (Phi) is 10.9. The number of nitrogens with one attached hydrogen (secondary N) is 1. The maximum absolute atomic E-state index is 5.07. The van der Waals surface area contributed by atoms with Crippen molar-refractivity contribution >= 4 is 0 Å². The first-order valence-corrected chi connectivity index (χ1v) is 7.78. The van der Waals surface area contributed by atoms with Crippen LogP contribution in [0.2, 0.25) is 0 Å². The van der Waals surface area contributed by atoms with Gasteiger partial charge in [0.15, 0.2) is 0 Å². The van der Waals surface area contributed by atoms with Gasteiger partial charge in [0.05, 0.1) is 0 Å². The maximum atomic E-state index is 5.07. The molecule has 102 valence electrons. The highest BCUT2D eigenvalue weighted by molar-refractivity contribution is 4.55. The summed E-state index contributed by atoms with van der Waals surface area (Å²) in [7, 11) is 0. The van der Waals surface area contributed by atoms with Gasteiger partial charge in [0.25, 0.3) is 0 Å². The van der Waals surface area contributed by atoms with Crippen LogP contribution in [0.15, 0.2) is 0 Å². The van der Waals surface area contributed by atoms with Crippen LogP contribution in [0.1, 0.15) is 70.6 Å². The predicted molar refractivity (Wildman–Crippen MR) is 74.5 cm³/mol. The van der Waals surface area contributed by atoms with Crippen LogP contribution in [0.4, 0.5) is 0 Å². The Morgan fingerprint density at radius 1 is 0.471 bits per heavy atom. The van der Waals surface area contributed by atoms with Crippen LogP contribution in [0.3, 0.4) is 0 Å². The van der Waals surface area contributed by atoms with Gasteiger partial charge >= 0.3 is 0 Å². The SMILES string of the molecule is C1CCCCC1.C1CCNC1.C1CCOCC1. The molecule has 1 saturated carbocycles. The normalized spacial score (nSPS) is 24.0. The minimum Gasteiger partial charge on any atom is -0.381 e. The third-order valence-electron chi connectivity index (χ3n) is 3.53. The molecular formula is C15H31NO. The molecule has 0 bridgehead atoms. The van der Waals surface area contributed by atoms with E-state index in [1.165, 1.54) is 83.7 Å². The second kappa shape index (κ2) is 12.4. The summed E-state index contributed by atoms with van der Waals surface area (Å²) < 4.78 is 5.07. The fourth-order valence-corrected chi connectivity index (χ4v) is 2.37. The van der Waals surface area contributed by atoms with E-state index < -0.39 is 0 Å². The highest BCUT2D eigenvalue weighted by Crippen LogP contribution is 2.15. The molecule has 17 heavy (non-hydrogen) atoms. The monoisotopic (exact) mass is 241 g/mol. The van der Waals surface area contributed by atoms with E-state index in [4.69, 9.17) is 4.74 Å². The lowest BCUT2D eigenvalue weighted by Gasteiger charge is -2.08. The number of hydrogen-bond acceptors (Lipinski definition) is 2. The fraction of sp³-hybridized carbons (Fsp3) is 1.00. The van der Waals surface area contributed by atoms with Gasteiger partial charge in [-0.15, -0.1) is 0 Å². The van der Waals surface area contributed by atoms with Gasteiger partial charge in [0.1, 0.15) is 0 Å². The van der Waals surface area contributed by atoms with Gasteiger partial charge in [0.2, 0.25) is 0 Å². The van der Waals surface area contributed by atoms with Crippen molar-refractivity contribution in [3.63, 3.8) is 0 Å². The third-order valence-corrected chi connectivity index (χ3v) is 3.53. The summed E-state index contributed by atoms with van der Waals surface area (Å²) in [5, 5.41) is 3.22. The van der Waals surface area contributed by atoms with Crippen LogP contribution in [-0.2, 0) is 4.74 Å². The Bertz CT molecular complexity index is 95.2. The molecular weight excluding hydrogens is 210 g/mol. The molecule has 0 atom stereocenters. The third kappa shape index (κ3) is 10.8. The summed E-state index contributed by atoms with van der Waals surface area (Å²) in [6.45, 7) is 4.50. The lowest BCUT2D eigenvalue weighted by molar-refractivity contribution is 0.0968. The van der Waals surface area contributed by atoms with Crippen molar-refractivity contribution in [2.24, 2.45) is 0 Å². The van der Waals surface area contributed by atoms with Crippen molar-refractivity contribution in [1.82, 2.24) is 5.32 Å². The minimum atomic E-state index is 1.00. The summed E-state index contributed by atoms with van der Waals surface area (Å²) in [5.74, 6) is 0. The lowest BCUT2D eigenvalue weighted by atomic mass is 10.0. The number of ether oxygens (including phenoxy) is 1. The molecule has 0 aromatic rings. The van der Waals surface area contributed by atoms with E-state index in [2.05, 4.69) is 5.32 Å². The van der Waals surface area contributed by atoms with Gasteiger partial charge in [-0.05, 0) is 45.2 Å². The largest absolute Gasteiger partial charge is 0.381 e. The van der Waals surface area contributed by atoms with Crippen molar-refractivity contribution in [2.45, 2.75) is 70.6 Å². The maximum Gasteiger partial charge on any atom is 0.0466 e. The Morgan fingerprint density at radius 2 is 0.882 bits per heavy atom. The summed E-state index contributed by atoms with van der Waals surface area (Å²) in [5.41, 5.74) is 0. The van der Waals surface area contributed by atoms with Gasteiger partial charge in [-0.1, -0.05) is 38.5 Å². The highest BCUT2D eigenvalue weighted by Gasteiger charge is 1.96. The Labute approximate surface area is 108 Å². The molecule has 3 fully saturated rings. The molecule has 0 unspecified atom stereocenters. The van der Waals surface area contributed by atoms with Crippen LogP contribution in [0.25, 0.3) is 0 Å². The summed E-state index contributed by atoms with van der Waals surface area (Å²) in [4.78, 5) is 0. The van der Waals surface area contributed by atoms with Crippen molar-refractivity contribution in [3.05, 3.63) is 0 Å². The van der Waals surface area contributed by atoms with E-state index in [9.17, 15) is 0 Å². The van der Waals surface area contributed by atoms with Gasteiger partial charge < -0.3 is 10.1 Å². The first-order valence-electron chi connectivity index (χ1n) is 7.78. The Morgan fingerprint density at radius 3 is 1.06 bits per heavy atom. The van der Waals surface area contributed by atoms with Gasteiger partial charge in [-0.25, -0.2) is 0 Å². The molecule has 0 radical (unpaired) electrons. The molecule has 0 amide bonds. The second-order valence-electron chi connectivity index (χ2n) is 5.25. The van der Waals surface area contributed by atoms with E-state index >= 15 is 0 Å². The zero-order valence-corrected chi connectivity index (χ0v) is 11.5. The zero-order chi connectivity index (χ0) is 12.0. The fourth-order valence-electron chi connectivity index (χ4n) is 2.37. The molecule has 0 spiro atoms. The van der Waals surface area contributed by atoms with Crippen LogP contribution in [-0.4, -0.2) is 26.3 Å².